The Kier molecular flexibility index (Phi) is 4.46. The normalized spacial score (nSPS) is 30.3. The van der Waals surface area contributed by atoms with Crippen molar-refractivity contribution in [2.75, 3.05) is 19.6 Å². The van der Waals surface area contributed by atoms with E-state index >= 15 is 0 Å². The Bertz CT molecular complexity index is 156. The summed E-state index contributed by atoms with van der Waals surface area (Å²) in [5.41, 5.74) is 0. The van der Waals surface area contributed by atoms with E-state index < -0.39 is 0 Å². The van der Waals surface area contributed by atoms with Gasteiger partial charge in [-0.1, -0.05) is 13.0 Å². The zero-order valence-corrected chi connectivity index (χ0v) is 8.92. The summed E-state index contributed by atoms with van der Waals surface area (Å²) >= 11 is 0. The van der Waals surface area contributed by atoms with E-state index in [1.165, 1.54) is 19.5 Å². The maximum atomic E-state index is 3.77. The van der Waals surface area contributed by atoms with Crippen LogP contribution < -0.4 is 5.32 Å². The molecule has 1 N–H and O–H groups in total. The second-order valence-electron chi connectivity index (χ2n) is 3.94. The van der Waals surface area contributed by atoms with Gasteiger partial charge in [-0.15, -0.1) is 6.58 Å². The van der Waals surface area contributed by atoms with Crippen LogP contribution in [0.3, 0.4) is 0 Å². The van der Waals surface area contributed by atoms with E-state index in [0.29, 0.717) is 6.04 Å². The van der Waals surface area contributed by atoms with Gasteiger partial charge in [-0.3, -0.25) is 4.90 Å². The Labute approximate surface area is 82.0 Å². The predicted molar refractivity (Wildman–Crippen MR) is 57.9 cm³/mol. The second-order valence-corrected chi connectivity index (χ2v) is 3.94. The summed E-state index contributed by atoms with van der Waals surface area (Å²) < 4.78 is 0. The monoisotopic (exact) mass is 182 g/mol. The summed E-state index contributed by atoms with van der Waals surface area (Å²) in [6.45, 7) is 11.8. The van der Waals surface area contributed by atoms with Crippen molar-refractivity contribution in [3.8, 4) is 0 Å². The Hall–Kier alpha value is -0.340. The van der Waals surface area contributed by atoms with Gasteiger partial charge in [-0.25, -0.2) is 0 Å². The predicted octanol–water partition coefficient (Wildman–Crippen LogP) is 1.63. The molecule has 1 rings (SSSR count). The highest BCUT2D eigenvalue weighted by atomic mass is 15.2. The highest BCUT2D eigenvalue weighted by Gasteiger charge is 2.23. The van der Waals surface area contributed by atoms with Gasteiger partial charge in [0.05, 0.1) is 0 Å². The Balaban J connectivity index is 2.39. The van der Waals surface area contributed by atoms with Crippen LogP contribution in [0.25, 0.3) is 0 Å². The molecule has 0 aromatic rings. The fourth-order valence-corrected chi connectivity index (χ4v) is 1.97. The fraction of sp³-hybridized carbons (Fsp3) is 0.818. The fourth-order valence-electron chi connectivity index (χ4n) is 1.97. The summed E-state index contributed by atoms with van der Waals surface area (Å²) in [6.07, 6.45) is 4.37. The van der Waals surface area contributed by atoms with Crippen LogP contribution in [0.2, 0.25) is 0 Å². The number of nitrogens with one attached hydrogen (secondary N) is 1. The van der Waals surface area contributed by atoms with Crippen molar-refractivity contribution < 1.29 is 0 Å². The van der Waals surface area contributed by atoms with Crippen LogP contribution in [-0.4, -0.2) is 36.6 Å². The van der Waals surface area contributed by atoms with Crippen LogP contribution in [0, 0.1) is 0 Å². The quantitative estimate of drug-likeness (QED) is 0.665. The Morgan fingerprint density at radius 1 is 1.62 bits per heavy atom. The summed E-state index contributed by atoms with van der Waals surface area (Å²) in [7, 11) is 0. The van der Waals surface area contributed by atoms with E-state index in [2.05, 4.69) is 30.6 Å². The van der Waals surface area contributed by atoms with E-state index in [0.717, 1.165) is 19.0 Å². The van der Waals surface area contributed by atoms with Gasteiger partial charge in [0, 0.05) is 31.7 Å². The molecule has 1 aliphatic heterocycles. The molecule has 1 aliphatic rings. The third kappa shape index (κ3) is 3.12. The summed E-state index contributed by atoms with van der Waals surface area (Å²) in [6, 6.07) is 1.38. The molecule has 2 heteroatoms. The van der Waals surface area contributed by atoms with Crippen LogP contribution in [0.4, 0.5) is 0 Å². The van der Waals surface area contributed by atoms with Crippen LogP contribution in [0.5, 0.6) is 0 Å². The van der Waals surface area contributed by atoms with Gasteiger partial charge < -0.3 is 5.32 Å². The number of hydrogen-bond donors (Lipinski definition) is 1. The topological polar surface area (TPSA) is 15.3 Å². The summed E-state index contributed by atoms with van der Waals surface area (Å²) in [5.74, 6) is 0. The van der Waals surface area contributed by atoms with E-state index in [1.807, 2.05) is 6.08 Å². The third-order valence-electron chi connectivity index (χ3n) is 2.82. The second kappa shape index (κ2) is 5.40. The molecule has 0 amide bonds. The summed E-state index contributed by atoms with van der Waals surface area (Å²) in [4.78, 5) is 2.59. The molecule has 0 bridgehead atoms. The minimum Gasteiger partial charge on any atom is -0.311 e. The Morgan fingerprint density at radius 3 is 3.00 bits per heavy atom. The SMILES string of the molecule is C=CCCN1CC(C)NCC1CC. The highest BCUT2D eigenvalue weighted by Crippen LogP contribution is 2.10. The standard InChI is InChI=1S/C11H22N2/c1-4-6-7-13-9-10(3)12-8-11(13)5-2/h4,10-12H,1,5-9H2,2-3H3. The van der Waals surface area contributed by atoms with Crippen molar-refractivity contribution in [2.45, 2.75) is 38.8 Å². The van der Waals surface area contributed by atoms with Gasteiger partial charge >= 0.3 is 0 Å². The molecule has 0 aromatic carbocycles. The molecule has 0 radical (unpaired) electrons. The van der Waals surface area contributed by atoms with Crippen molar-refractivity contribution in [2.24, 2.45) is 0 Å². The van der Waals surface area contributed by atoms with Crippen molar-refractivity contribution in [3.05, 3.63) is 12.7 Å². The molecule has 76 valence electrons. The average Bonchev–Trinajstić information content (AvgIpc) is 2.15. The number of nitrogens with zero attached hydrogens (tertiary/aromatic N) is 1. The molecule has 0 aliphatic carbocycles. The van der Waals surface area contributed by atoms with Crippen molar-refractivity contribution in [1.29, 1.82) is 0 Å². The molecule has 2 nitrogen and oxygen atoms in total. The van der Waals surface area contributed by atoms with Crippen LogP contribution in [0.15, 0.2) is 12.7 Å². The minimum atomic E-state index is 0.646. The largest absolute Gasteiger partial charge is 0.311 e. The van der Waals surface area contributed by atoms with Crippen molar-refractivity contribution in [3.63, 3.8) is 0 Å². The molecule has 0 aromatic heterocycles. The van der Waals surface area contributed by atoms with E-state index in [-0.39, 0.29) is 0 Å². The van der Waals surface area contributed by atoms with Gasteiger partial charge in [-0.2, -0.15) is 0 Å². The maximum Gasteiger partial charge on any atom is 0.0218 e. The molecule has 2 unspecified atom stereocenters. The highest BCUT2D eigenvalue weighted by molar-refractivity contribution is 4.84. The van der Waals surface area contributed by atoms with E-state index in [9.17, 15) is 0 Å². The van der Waals surface area contributed by atoms with Gasteiger partial charge in [0.15, 0.2) is 0 Å². The lowest BCUT2D eigenvalue weighted by Gasteiger charge is -2.38. The van der Waals surface area contributed by atoms with E-state index in [4.69, 9.17) is 0 Å². The van der Waals surface area contributed by atoms with Gasteiger partial charge in [0.1, 0.15) is 0 Å². The lowest BCUT2D eigenvalue weighted by atomic mass is 10.1. The molecule has 0 spiro atoms. The molecule has 0 saturated carbocycles. The lowest BCUT2D eigenvalue weighted by Crippen LogP contribution is -2.55. The molecule has 1 heterocycles. The zero-order valence-electron chi connectivity index (χ0n) is 8.92. The van der Waals surface area contributed by atoms with Gasteiger partial charge in [0.25, 0.3) is 0 Å². The first-order valence-corrected chi connectivity index (χ1v) is 5.36. The van der Waals surface area contributed by atoms with Gasteiger partial charge in [-0.05, 0) is 19.8 Å². The number of hydrogen-bond acceptors (Lipinski definition) is 2. The average molecular weight is 182 g/mol. The third-order valence-corrected chi connectivity index (χ3v) is 2.82. The molecule has 1 fully saturated rings. The number of rotatable bonds is 4. The zero-order chi connectivity index (χ0) is 9.68. The van der Waals surface area contributed by atoms with Crippen LogP contribution in [0.1, 0.15) is 26.7 Å². The molecular formula is C11H22N2. The first-order chi connectivity index (χ1) is 6.27. The first-order valence-electron chi connectivity index (χ1n) is 5.36. The lowest BCUT2D eigenvalue weighted by molar-refractivity contribution is 0.134. The molecule has 2 atom stereocenters. The van der Waals surface area contributed by atoms with Crippen molar-refractivity contribution in [1.82, 2.24) is 10.2 Å². The van der Waals surface area contributed by atoms with Crippen LogP contribution in [-0.2, 0) is 0 Å². The van der Waals surface area contributed by atoms with E-state index in [1.54, 1.807) is 0 Å². The molecular weight excluding hydrogens is 160 g/mol. The smallest absolute Gasteiger partial charge is 0.0218 e. The van der Waals surface area contributed by atoms with Crippen LogP contribution >= 0.6 is 0 Å². The van der Waals surface area contributed by atoms with Gasteiger partial charge in [0.2, 0.25) is 0 Å². The summed E-state index contributed by atoms with van der Waals surface area (Å²) in [5, 5.41) is 3.52. The minimum absolute atomic E-state index is 0.646. The maximum absolute atomic E-state index is 3.77. The molecule has 13 heavy (non-hydrogen) atoms. The van der Waals surface area contributed by atoms with Crippen molar-refractivity contribution >= 4 is 0 Å². The molecule has 1 saturated heterocycles. The first kappa shape index (κ1) is 10.7. The Morgan fingerprint density at radius 2 is 2.38 bits per heavy atom. The number of piperazine rings is 1.